The molecule has 28 heavy (non-hydrogen) atoms. The number of carbonyl (C=O) groups is 1. The van der Waals surface area contributed by atoms with Gasteiger partial charge in [-0.15, -0.1) is 0 Å². The van der Waals surface area contributed by atoms with Crippen molar-refractivity contribution in [3.63, 3.8) is 0 Å². The summed E-state index contributed by atoms with van der Waals surface area (Å²) in [7, 11) is 0. The molecule has 0 radical (unpaired) electrons. The number of ketones is 1. The number of hydrogen-bond donors (Lipinski definition) is 2. The van der Waals surface area contributed by atoms with Gasteiger partial charge in [0.15, 0.2) is 11.5 Å². The van der Waals surface area contributed by atoms with Crippen LogP contribution in [-0.4, -0.2) is 36.5 Å². The molecule has 1 aromatic carbocycles. The van der Waals surface area contributed by atoms with Crippen LogP contribution in [0, 0.1) is 13.8 Å². The van der Waals surface area contributed by atoms with E-state index in [0.717, 1.165) is 16.6 Å². The van der Waals surface area contributed by atoms with Gasteiger partial charge < -0.3 is 14.5 Å². The van der Waals surface area contributed by atoms with Crippen LogP contribution in [-0.2, 0) is 11.3 Å². The molecule has 0 bridgehead atoms. The van der Waals surface area contributed by atoms with Gasteiger partial charge in [-0.25, -0.2) is 9.78 Å². The average molecular weight is 384 g/mol. The Morgan fingerprint density at radius 2 is 1.89 bits per heavy atom. The first-order chi connectivity index (χ1) is 13.3. The van der Waals surface area contributed by atoms with Crippen LogP contribution in [0.5, 0.6) is 0 Å². The maximum absolute atomic E-state index is 12.2. The lowest BCUT2D eigenvalue weighted by Crippen LogP contribution is -2.29. The summed E-state index contributed by atoms with van der Waals surface area (Å²) in [6, 6.07) is 3.85. The largest absolute Gasteiger partial charge is 0.393 e. The van der Waals surface area contributed by atoms with E-state index < -0.39 is 17.4 Å². The molecule has 8 heteroatoms. The number of benzene rings is 1. The second-order valence-electron chi connectivity index (χ2n) is 7.27. The molecule has 2 aliphatic heterocycles. The van der Waals surface area contributed by atoms with Crippen LogP contribution in [0.2, 0.25) is 0 Å². The van der Waals surface area contributed by atoms with Crippen molar-refractivity contribution in [1.82, 2.24) is 19.5 Å². The van der Waals surface area contributed by atoms with Crippen molar-refractivity contribution in [3.05, 3.63) is 44.1 Å². The van der Waals surface area contributed by atoms with Gasteiger partial charge in [-0.1, -0.05) is 0 Å². The van der Waals surface area contributed by atoms with E-state index in [4.69, 9.17) is 0 Å². The minimum Gasteiger partial charge on any atom is -0.393 e. The number of aliphatic hydroxyl groups is 1. The predicted molar refractivity (Wildman–Crippen MR) is 106 cm³/mol. The van der Waals surface area contributed by atoms with Gasteiger partial charge in [-0.3, -0.25) is 9.78 Å². The number of fused-ring (bicyclic) bond motifs is 2. The number of aromatic nitrogens is 4. The van der Waals surface area contributed by atoms with Crippen molar-refractivity contribution in [2.45, 2.75) is 59.1 Å². The first kappa shape index (κ1) is 19.9. The van der Waals surface area contributed by atoms with Gasteiger partial charge in [0.1, 0.15) is 5.78 Å². The monoisotopic (exact) mass is 384 g/mol. The van der Waals surface area contributed by atoms with Crippen LogP contribution in [0.25, 0.3) is 22.6 Å². The maximum atomic E-state index is 12.2. The molecule has 0 saturated carbocycles. The van der Waals surface area contributed by atoms with Crippen molar-refractivity contribution in [2.24, 2.45) is 0 Å². The van der Waals surface area contributed by atoms with E-state index in [1.807, 2.05) is 26.0 Å². The molecule has 1 unspecified atom stereocenters. The number of aryl methyl sites for hydroxylation is 3. The van der Waals surface area contributed by atoms with Gasteiger partial charge in [0.2, 0.25) is 0 Å². The highest BCUT2D eigenvalue weighted by molar-refractivity contribution is 5.81. The zero-order valence-corrected chi connectivity index (χ0v) is 16.3. The summed E-state index contributed by atoms with van der Waals surface area (Å²) in [4.78, 5) is 45.6. The molecular weight excluding hydrogens is 360 g/mol. The maximum Gasteiger partial charge on any atom is 0.349 e. The van der Waals surface area contributed by atoms with Crippen LogP contribution in [0.1, 0.15) is 43.7 Å². The molecule has 2 heterocycles. The van der Waals surface area contributed by atoms with Crippen LogP contribution in [0.3, 0.4) is 0 Å². The summed E-state index contributed by atoms with van der Waals surface area (Å²) in [6.45, 7) is 5.85. The standard InChI is InChI=1S/C20H24N4O4/c1-11-9-15-16(10-12(11)2)24(8-7-14(26)6-4-5-13(3)25)18-17(21-15)19(27)23-20(28)22-18/h9-10,14,26H,4-8H2,1-3H3,(H,23,27,28). The number of nitrogens with one attached hydrogen (secondary N) is 1. The summed E-state index contributed by atoms with van der Waals surface area (Å²) in [6.07, 6.45) is 1.40. The Bertz CT molecular complexity index is 1120. The molecule has 0 aliphatic carbocycles. The number of aliphatic hydroxyl groups excluding tert-OH is 1. The van der Waals surface area contributed by atoms with Gasteiger partial charge in [0.25, 0.3) is 5.56 Å². The Labute approximate surface area is 161 Å². The lowest BCUT2D eigenvalue weighted by Gasteiger charge is -2.19. The first-order valence-corrected chi connectivity index (χ1v) is 9.35. The topological polar surface area (TPSA) is 118 Å². The zero-order valence-electron chi connectivity index (χ0n) is 16.3. The number of Topliss-reactive ketones (excluding diaryl/α,β-unsaturated/α-hetero) is 1. The highest BCUT2D eigenvalue weighted by Gasteiger charge is 2.19. The number of rotatable bonds is 7. The minimum absolute atomic E-state index is 0.0985. The molecule has 148 valence electrons. The minimum atomic E-state index is -0.724. The van der Waals surface area contributed by atoms with E-state index in [1.54, 1.807) is 4.57 Å². The molecule has 0 aromatic heterocycles. The third kappa shape index (κ3) is 4.17. The molecule has 3 rings (SSSR count). The molecule has 2 N–H and O–H groups in total. The van der Waals surface area contributed by atoms with Gasteiger partial charge in [0, 0.05) is 13.0 Å². The smallest absolute Gasteiger partial charge is 0.349 e. The number of hydrogen-bond acceptors (Lipinski definition) is 6. The van der Waals surface area contributed by atoms with Crippen molar-refractivity contribution >= 4 is 16.8 Å². The van der Waals surface area contributed by atoms with E-state index in [1.165, 1.54) is 6.92 Å². The molecule has 0 fully saturated rings. The number of carbonyl (C=O) groups excluding carboxylic acids is 1. The van der Waals surface area contributed by atoms with Gasteiger partial charge in [-0.2, -0.15) is 4.98 Å². The normalized spacial score (nSPS) is 12.6. The lowest BCUT2D eigenvalue weighted by molar-refractivity contribution is -0.117. The Balaban J connectivity index is 2.02. The second-order valence-corrected chi connectivity index (χ2v) is 7.27. The summed E-state index contributed by atoms with van der Waals surface area (Å²) in [5.74, 6) is 0.311. The molecule has 0 amide bonds. The Morgan fingerprint density at radius 1 is 1.18 bits per heavy atom. The molecular formula is C20H24N4O4. The molecule has 0 spiro atoms. The van der Waals surface area contributed by atoms with Crippen LogP contribution in [0.4, 0.5) is 0 Å². The molecule has 1 aromatic rings. The highest BCUT2D eigenvalue weighted by Crippen LogP contribution is 2.24. The second kappa shape index (κ2) is 8.02. The SMILES string of the molecule is CC(=O)CCCC(O)CCn1c2nc(=O)[nH]c(=O)c-2nc2cc(C)c(C)cc21. The van der Waals surface area contributed by atoms with E-state index in [9.17, 15) is 19.5 Å². The fourth-order valence-electron chi connectivity index (χ4n) is 3.29. The summed E-state index contributed by atoms with van der Waals surface area (Å²) in [5, 5.41) is 10.3. The first-order valence-electron chi connectivity index (χ1n) is 9.35. The third-order valence-corrected chi connectivity index (χ3v) is 4.98. The average Bonchev–Trinajstić information content (AvgIpc) is 2.60. The number of nitrogens with zero attached hydrogens (tertiary/aromatic N) is 3. The van der Waals surface area contributed by atoms with Crippen LogP contribution < -0.4 is 11.2 Å². The van der Waals surface area contributed by atoms with Gasteiger partial charge >= 0.3 is 5.69 Å². The van der Waals surface area contributed by atoms with E-state index in [-0.39, 0.29) is 17.3 Å². The van der Waals surface area contributed by atoms with Crippen LogP contribution >= 0.6 is 0 Å². The molecule has 0 saturated heterocycles. The summed E-state index contributed by atoms with van der Waals surface area (Å²) in [5.41, 5.74) is 2.28. The van der Waals surface area contributed by atoms with Crippen molar-refractivity contribution in [2.75, 3.05) is 0 Å². The zero-order chi connectivity index (χ0) is 20.4. The summed E-state index contributed by atoms with van der Waals surface area (Å²) < 4.78 is 1.77. The Hall–Kier alpha value is -2.87. The fourth-order valence-corrected chi connectivity index (χ4v) is 3.29. The molecule has 1 atom stereocenters. The lowest BCUT2D eigenvalue weighted by atomic mass is 10.1. The highest BCUT2D eigenvalue weighted by atomic mass is 16.3. The van der Waals surface area contributed by atoms with Crippen molar-refractivity contribution in [3.8, 4) is 11.5 Å². The van der Waals surface area contributed by atoms with E-state index in [2.05, 4.69) is 15.0 Å². The Morgan fingerprint density at radius 3 is 2.61 bits per heavy atom. The van der Waals surface area contributed by atoms with Crippen molar-refractivity contribution < 1.29 is 9.90 Å². The van der Waals surface area contributed by atoms with Gasteiger partial charge in [-0.05, 0) is 63.3 Å². The molecule has 8 nitrogen and oxygen atoms in total. The van der Waals surface area contributed by atoms with E-state index in [0.29, 0.717) is 37.7 Å². The Kier molecular flexibility index (Phi) is 5.69. The van der Waals surface area contributed by atoms with Crippen molar-refractivity contribution in [1.29, 1.82) is 0 Å². The summed E-state index contributed by atoms with van der Waals surface area (Å²) >= 11 is 0. The van der Waals surface area contributed by atoms with E-state index >= 15 is 0 Å². The quantitative estimate of drug-likeness (QED) is 0.599. The van der Waals surface area contributed by atoms with Gasteiger partial charge in [0.05, 0.1) is 17.1 Å². The number of H-pyrrole nitrogens is 1. The van der Waals surface area contributed by atoms with Crippen LogP contribution in [0.15, 0.2) is 21.7 Å². The fraction of sp³-hybridized carbons (Fsp3) is 0.450. The predicted octanol–water partition coefficient (Wildman–Crippen LogP) is 1.71. The number of aromatic amines is 1. The molecule has 2 aliphatic rings. The third-order valence-electron chi connectivity index (χ3n) is 4.98.